The molecule has 0 aromatic heterocycles. The van der Waals surface area contributed by atoms with E-state index in [2.05, 4.69) is 11.8 Å². The van der Waals surface area contributed by atoms with Crippen LogP contribution in [-0.4, -0.2) is 24.0 Å². The van der Waals surface area contributed by atoms with E-state index in [9.17, 15) is 4.39 Å². The lowest BCUT2D eigenvalue weighted by atomic mass is 10.0. The molecule has 0 aliphatic heterocycles. The molecule has 0 radical (unpaired) electrons. The Balaban J connectivity index is 2.22. The smallest absolute Gasteiger partial charge is 0.128 e. The maximum Gasteiger partial charge on any atom is 0.128 e. The Kier molecular flexibility index (Phi) is 4.94. The normalized spacial score (nSPS) is 16.9. The lowest BCUT2D eigenvalue weighted by Gasteiger charge is -2.31. The summed E-state index contributed by atoms with van der Waals surface area (Å²) in [6, 6.07) is 5.98. The van der Waals surface area contributed by atoms with Gasteiger partial charge in [-0.1, -0.05) is 31.0 Å². The summed E-state index contributed by atoms with van der Waals surface area (Å²) < 4.78 is 14.1. The van der Waals surface area contributed by atoms with Crippen molar-refractivity contribution in [1.29, 1.82) is 0 Å². The molecule has 1 aliphatic carbocycles. The average Bonchev–Trinajstić information content (AvgIpc) is 3.22. The zero-order valence-electron chi connectivity index (χ0n) is 12.0. The fourth-order valence-electron chi connectivity index (χ4n) is 2.70. The number of halogens is 1. The zero-order valence-corrected chi connectivity index (χ0v) is 12.0. The molecule has 1 aliphatic rings. The Morgan fingerprint density at radius 2 is 2.16 bits per heavy atom. The Morgan fingerprint density at radius 3 is 2.74 bits per heavy atom. The predicted molar refractivity (Wildman–Crippen MR) is 77.6 cm³/mol. The minimum atomic E-state index is -0.122. The average molecular weight is 264 g/mol. The number of hydrogen-bond acceptors (Lipinski definition) is 2. The Hall–Kier alpha value is -0.930. The van der Waals surface area contributed by atoms with Gasteiger partial charge in [-0.05, 0) is 38.8 Å². The molecule has 0 heterocycles. The van der Waals surface area contributed by atoms with Crippen LogP contribution in [0.1, 0.15) is 49.8 Å². The Labute approximate surface area is 115 Å². The van der Waals surface area contributed by atoms with Gasteiger partial charge in [0.1, 0.15) is 5.82 Å². The monoisotopic (exact) mass is 264 g/mol. The summed E-state index contributed by atoms with van der Waals surface area (Å²) in [5, 5.41) is 0. The second-order valence-corrected chi connectivity index (χ2v) is 5.60. The summed E-state index contributed by atoms with van der Waals surface area (Å²) in [6.07, 6.45) is 4.78. The topological polar surface area (TPSA) is 29.3 Å². The van der Waals surface area contributed by atoms with Gasteiger partial charge in [-0.2, -0.15) is 0 Å². The molecule has 2 N–H and O–H groups in total. The molecule has 1 aromatic carbocycles. The summed E-state index contributed by atoms with van der Waals surface area (Å²) >= 11 is 0. The van der Waals surface area contributed by atoms with Crippen molar-refractivity contribution >= 4 is 0 Å². The van der Waals surface area contributed by atoms with Crippen molar-refractivity contribution in [3.05, 3.63) is 35.1 Å². The van der Waals surface area contributed by atoms with Crippen molar-refractivity contribution in [1.82, 2.24) is 4.90 Å². The van der Waals surface area contributed by atoms with Gasteiger partial charge in [0, 0.05) is 18.2 Å². The lowest BCUT2D eigenvalue weighted by molar-refractivity contribution is 0.184. The Bertz CT molecular complexity index is 415. The van der Waals surface area contributed by atoms with E-state index in [1.165, 1.54) is 12.8 Å². The first kappa shape index (κ1) is 14.5. The van der Waals surface area contributed by atoms with Gasteiger partial charge in [0.2, 0.25) is 0 Å². The first-order chi connectivity index (χ1) is 9.17. The van der Waals surface area contributed by atoms with Gasteiger partial charge in [0.05, 0.1) is 6.04 Å². The highest BCUT2D eigenvalue weighted by atomic mass is 19.1. The number of benzene rings is 1. The van der Waals surface area contributed by atoms with E-state index in [-0.39, 0.29) is 11.9 Å². The molecule has 0 saturated heterocycles. The van der Waals surface area contributed by atoms with Crippen LogP contribution in [0.15, 0.2) is 18.2 Å². The van der Waals surface area contributed by atoms with Gasteiger partial charge in [0.25, 0.3) is 0 Å². The van der Waals surface area contributed by atoms with E-state index in [4.69, 9.17) is 5.73 Å². The fourth-order valence-corrected chi connectivity index (χ4v) is 2.70. The molecule has 1 saturated carbocycles. The second kappa shape index (κ2) is 6.49. The van der Waals surface area contributed by atoms with Gasteiger partial charge in [-0.25, -0.2) is 4.39 Å². The third kappa shape index (κ3) is 3.54. The van der Waals surface area contributed by atoms with Gasteiger partial charge in [0.15, 0.2) is 0 Å². The largest absolute Gasteiger partial charge is 0.329 e. The molecule has 1 atom stereocenters. The molecule has 2 nitrogen and oxygen atoms in total. The zero-order chi connectivity index (χ0) is 13.8. The highest BCUT2D eigenvalue weighted by molar-refractivity contribution is 5.27. The molecule has 0 amide bonds. The van der Waals surface area contributed by atoms with E-state index in [0.717, 1.165) is 30.5 Å². The van der Waals surface area contributed by atoms with Crippen LogP contribution in [0, 0.1) is 12.7 Å². The van der Waals surface area contributed by atoms with Crippen molar-refractivity contribution in [3.8, 4) is 0 Å². The van der Waals surface area contributed by atoms with Crippen LogP contribution < -0.4 is 5.73 Å². The van der Waals surface area contributed by atoms with Gasteiger partial charge in [-0.3, -0.25) is 4.90 Å². The van der Waals surface area contributed by atoms with E-state index >= 15 is 0 Å². The number of hydrogen-bond donors (Lipinski definition) is 1. The third-order valence-corrected chi connectivity index (χ3v) is 3.92. The van der Waals surface area contributed by atoms with E-state index < -0.39 is 0 Å². The highest BCUT2D eigenvalue weighted by Gasteiger charge is 2.34. The fraction of sp³-hybridized carbons (Fsp3) is 0.625. The molecule has 3 heteroatoms. The third-order valence-electron chi connectivity index (χ3n) is 3.92. The first-order valence-electron chi connectivity index (χ1n) is 7.39. The quantitative estimate of drug-likeness (QED) is 0.818. The maximum atomic E-state index is 14.1. The molecule has 19 heavy (non-hydrogen) atoms. The minimum Gasteiger partial charge on any atom is -0.329 e. The first-order valence-corrected chi connectivity index (χ1v) is 7.39. The number of aryl methyl sites for hydroxylation is 1. The van der Waals surface area contributed by atoms with Gasteiger partial charge >= 0.3 is 0 Å². The van der Waals surface area contributed by atoms with Crippen LogP contribution in [0.3, 0.4) is 0 Å². The lowest BCUT2D eigenvalue weighted by Crippen LogP contribution is -2.36. The minimum absolute atomic E-state index is 0.0268. The summed E-state index contributed by atoms with van der Waals surface area (Å²) in [7, 11) is 0. The number of rotatable bonds is 7. The highest BCUT2D eigenvalue weighted by Crippen LogP contribution is 2.35. The van der Waals surface area contributed by atoms with Crippen LogP contribution in [0.25, 0.3) is 0 Å². The van der Waals surface area contributed by atoms with Gasteiger partial charge < -0.3 is 5.73 Å². The summed E-state index contributed by atoms with van der Waals surface area (Å²) in [5.74, 6) is -0.122. The van der Waals surface area contributed by atoms with Crippen LogP contribution in [0.4, 0.5) is 4.39 Å². The molecule has 2 rings (SSSR count). The van der Waals surface area contributed by atoms with Crippen LogP contribution >= 0.6 is 0 Å². The molecule has 106 valence electrons. The van der Waals surface area contributed by atoms with Crippen molar-refractivity contribution in [2.75, 3.05) is 13.1 Å². The SMILES string of the molecule is CCCCN(C1CC1)C(CN)c1cc(C)ccc1F. The van der Waals surface area contributed by atoms with Crippen molar-refractivity contribution < 1.29 is 4.39 Å². The molecule has 0 bridgehead atoms. The Morgan fingerprint density at radius 1 is 1.42 bits per heavy atom. The van der Waals surface area contributed by atoms with E-state index in [1.807, 2.05) is 19.1 Å². The molecule has 1 unspecified atom stereocenters. The van der Waals surface area contributed by atoms with Crippen LogP contribution in [-0.2, 0) is 0 Å². The number of nitrogens with zero attached hydrogens (tertiary/aromatic N) is 1. The number of nitrogens with two attached hydrogens (primary N) is 1. The van der Waals surface area contributed by atoms with Crippen molar-refractivity contribution in [2.24, 2.45) is 5.73 Å². The standard InChI is InChI=1S/C16H25FN2/c1-3-4-9-19(13-6-7-13)16(11-18)14-10-12(2)5-8-15(14)17/h5,8,10,13,16H,3-4,6-7,9,11,18H2,1-2H3. The van der Waals surface area contributed by atoms with E-state index in [0.29, 0.717) is 12.6 Å². The summed E-state index contributed by atoms with van der Waals surface area (Å²) in [6.45, 7) is 5.71. The molecular weight excluding hydrogens is 239 g/mol. The molecule has 1 aromatic rings. The summed E-state index contributed by atoms with van der Waals surface area (Å²) in [5.41, 5.74) is 7.82. The summed E-state index contributed by atoms with van der Waals surface area (Å²) in [4.78, 5) is 2.42. The molecule has 1 fully saturated rings. The van der Waals surface area contributed by atoms with Crippen molar-refractivity contribution in [2.45, 2.75) is 51.6 Å². The molecular formula is C16H25FN2. The van der Waals surface area contributed by atoms with Crippen molar-refractivity contribution in [3.63, 3.8) is 0 Å². The van der Waals surface area contributed by atoms with Crippen LogP contribution in [0.2, 0.25) is 0 Å². The second-order valence-electron chi connectivity index (χ2n) is 5.60. The van der Waals surface area contributed by atoms with Crippen LogP contribution in [0.5, 0.6) is 0 Å². The predicted octanol–water partition coefficient (Wildman–Crippen LogP) is 3.40. The van der Waals surface area contributed by atoms with Gasteiger partial charge in [-0.15, -0.1) is 0 Å². The molecule has 0 spiro atoms. The number of unbranched alkanes of at least 4 members (excludes halogenated alkanes) is 1. The maximum absolute atomic E-state index is 14.1. The van der Waals surface area contributed by atoms with E-state index in [1.54, 1.807) is 6.07 Å².